The second-order valence-electron chi connectivity index (χ2n) is 6.62. The van der Waals surface area contributed by atoms with Crippen LogP contribution >= 0.6 is 11.3 Å². The standard InChI is InChI=1S/C21H24N4O3S/c1-15-20(29-14-24-15)13-23-21(22-8-7-17-4-2-9-26-17)25-16-5-6-18-19(12-16)28-11-3-10-27-18/h2,4-6,9,12,14H,3,7-8,10-11,13H2,1H3,(H2,22,23,25). The summed E-state index contributed by atoms with van der Waals surface area (Å²) in [4.78, 5) is 10.2. The number of nitrogens with one attached hydrogen (secondary N) is 2. The first kappa shape index (κ1) is 19.3. The molecule has 1 aliphatic heterocycles. The number of hydrogen-bond donors (Lipinski definition) is 2. The summed E-state index contributed by atoms with van der Waals surface area (Å²) < 4.78 is 16.9. The topological polar surface area (TPSA) is 80.9 Å². The number of hydrogen-bond acceptors (Lipinski definition) is 6. The zero-order valence-electron chi connectivity index (χ0n) is 16.3. The minimum absolute atomic E-state index is 0.567. The molecule has 0 atom stereocenters. The first-order valence-corrected chi connectivity index (χ1v) is 10.5. The zero-order valence-corrected chi connectivity index (χ0v) is 17.1. The van der Waals surface area contributed by atoms with E-state index >= 15 is 0 Å². The van der Waals surface area contributed by atoms with Crippen molar-refractivity contribution in [2.45, 2.75) is 26.3 Å². The predicted molar refractivity (Wildman–Crippen MR) is 114 cm³/mol. The van der Waals surface area contributed by atoms with Crippen LogP contribution in [0.5, 0.6) is 11.5 Å². The predicted octanol–water partition coefficient (Wildman–Crippen LogP) is 4.01. The lowest BCUT2D eigenvalue weighted by Gasteiger charge is -2.14. The number of aliphatic imine (C=N–C) groups is 1. The summed E-state index contributed by atoms with van der Waals surface area (Å²) >= 11 is 1.62. The van der Waals surface area contributed by atoms with Crippen LogP contribution in [0.4, 0.5) is 5.69 Å². The van der Waals surface area contributed by atoms with Crippen molar-refractivity contribution in [3.8, 4) is 11.5 Å². The summed E-state index contributed by atoms with van der Waals surface area (Å²) in [6, 6.07) is 9.71. The summed E-state index contributed by atoms with van der Waals surface area (Å²) in [6.45, 7) is 4.60. The molecule has 0 fully saturated rings. The summed E-state index contributed by atoms with van der Waals surface area (Å²) in [5.74, 6) is 3.16. The molecular weight excluding hydrogens is 388 g/mol. The maximum absolute atomic E-state index is 5.79. The zero-order chi connectivity index (χ0) is 19.9. The molecule has 2 N–H and O–H groups in total. The largest absolute Gasteiger partial charge is 0.490 e. The number of furan rings is 1. The number of fused-ring (bicyclic) bond motifs is 1. The third kappa shape index (κ3) is 5.29. The van der Waals surface area contributed by atoms with E-state index in [2.05, 4.69) is 15.6 Å². The van der Waals surface area contributed by atoms with Gasteiger partial charge in [-0.25, -0.2) is 9.98 Å². The molecule has 0 saturated carbocycles. The number of thiazole rings is 1. The lowest BCUT2D eigenvalue weighted by atomic mass is 10.2. The van der Waals surface area contributed by atoms with Crippen molar-refractivity contribution in [2.75, 3.05) is 25.1 Å². The summed E-state index contributed by atoms with van der Waals surface area (Å²) in [5, 5.41) is 6.74. The highest BCUT2D eigenvalue weighted by Gasteiger charge is 2.12. The number of nitrogens with zero attached hydrogens (tertiary/aromatic N) is 2. The van der Waals surface area contributed by atoms with Crippen molar-refractivity contribution in [1.29, 1.82) is 0 Å². The number of anilines is 1. The Morgan fingerprint density at radius 2 is 2.10 bits per heavy atom. The molecule has 2 aromatic heterocycles. The second kappa shape index (κ2) is 9.47. The van der Waals surface area contributed by atoms with E-state index in [0.29, 0.717) is 32.3 Å². The molecule has 1 aliphatic rings. The van der Waals surface area contributed by atoms with Crippen molar-refractivity contribution >= 4 is 23.0 Å². The molecule has 0 aliphatic carbocycles. The van der Waals surface area contributed by atoms with Crippen molar-refractivity contribution < 1.29 is 13.9 Å². The first-order valence-electron chi connectivity index (χ1n) is 9.64. The van der Waals surface area contributed by atoms with E-state index in [4.69, 9.17) is 18.9 Å². The van der Waals surface area contributed by atoms with E-state index in [1.54, 1.807) is 17.6 Å². The molecule has 4 rings (SSSR count). The molecule has 7 nitrogen and oxygen atoms in total. The molecule has 3 heterocycles. The van der Waals surface area contributed by atoms with Crippen LogP contribution in [0.3, 0.4) is 0 Å². The Bertz CT molecular complexity index is 953. The number of aromatic nitrogens is 1. The summed E-state index contributed by atoms with van der Waals surface area (Å²) in [7, 11) is 0. The van der Waals surface area contributed by atoms with Crippen LogP contribution in [0, 0.1) is 6.92 Å². The quantitative estimate of drug-likeness (QED) is 0.470. The molecule has 1 aromatic carbocycles. The third-order valence-electron chi connectivity index (χ3n) is 4.48. The van der Waals surface area contributed by atoms with Crippen molar-refractivity contribution in [2.24, 2.45) is 4.99 Å². The Labute approximate surface area is 173 Å². The number of benzene rings is 1. The van der Waals surface area contributed by atoms with Gasteiger partial charge in [-0.1, -0.05) is 0 Å². The van der Waals surface area contributed by atoms with Crippen LogP contribution in [-0.4, -0.2) is 30.7 Å². The second-order valence-corrected chi connectivity index (χ2v) is 7.56. The third-order valence-corrected chi connectivity index (χ3v) is 5.40. The molecule has 3 aromatic rings. The average molecular weight is 413 g/mol. The van der Waals surface area contributed by atoms with E-state index in [0.717, 1.165) is 46.4 Å². The van der Waals surface area contributed by atoms with Gasteiger partial charge in [-0.3, -0.25) is 0 Å². The number of ether oxygens (including phenoxy) is 2. The lowest BCUT2D eigenvalue weighted by molar-refractivity contribution is 0.297. The van der Waals surface area contributed by atoms with Gasteiger partial charge in [0.1, 0.15) is 5.76 Å². The maximum atomic E-state index is 5.79. The molecule has 152 valence electrons. The first-order chi connectivity index (χ1) is 14.3. The van der Waals surface area contributed by atoms with Gasteiger partial charge in [-0.15, -0.1) is 11.3 Å². The minimum atomic E-state index is 0.567. The number of aryl methyl sites for hydroxylation is 1. The van der Waals surface area contributed by atoms with Gasteiger partial charge in [0.2, 0.25) is 0 Å². The van der Waals surface area contributed by atoms with Crippen LogP contribution in [-0.2, 0) is 13.0 Å². The van der Waals surface area contributed by atoms with E-state index in [-0.39, 0.29) is 0 Å². The van der Waals surface area contributed by atoms with Crippen molar-refractivity contribution in [3.05, 3.63) is 58.4 Å². The molecule has 8 heteroatoms. The molecule has 0 amide bonds. The maximum Gasteiger partial charge on any atom is 0.196 e. The van der Waals surface area contributed by atoms with Crippen LogP contribution in [0.2, 0.25) is 0 Å². The highest BCUT2D eigenvalue weighted by Crippen LogP contribution is 2.32. The Morgan fingerprint density at radius 3 is 2.90 bits per heavy atom. The molecule has 0 unspecified atom stereocenters. The fraction of sp³-hybridized carbons (Fsp3) is 0.333. The van der Waals surface area contributed by atoms with Crippen LogP contribution in [0.15, 0.2) is 51.5 Å². The van der Waals surface area contributed by atoms with Gasteiger partial charge in [-0.2, -0.15) is 0 Å². The highest BCUT2D eigenvalue weighted by molar-refractivity contribution is 7.09. The van der Waals surface area contributed by atoms with Gasteiger partial charge in [0.15, 0.2) is 17.5 Å². The van der Waals surface area contributed by atoms with Crippen LogP contribution < -0.4 is 20.1 Å². The van der Waals surface area contributed by atoms with Gasteiger partial charge >= 0.3 is 0 Å². The fourth-order valence-corrected chi connectivity index (χ4v) is 3.61. The normalized spacial score (nSPS) is 13.8. The van der Waals surface area contributed by atoms with Gasteiger partial charge in [0.05, 0.1) is 37.2 Å². The van der Waals surface area contributed by atoms with Crippen molar-refractivity contribution in [1.82, 2.24) is 10.3 Å². The molecule has 0 bridgehead atoms. The highest BCUT2D eigenvalue weighted by atomic mass is 32.1. The van der Waals surface area contributed by atoms with Crippen LogP contribution in [0.25, 0.3) is 0 Å². The fourth-order valence-electron chi connectivity index (χ4n) is 2.91. The Hall–Kier alpha value is -3.00. The molecule has 29 heavy (non-hydrogen) atoms. The van der Waals surface area contributed by atoms with E-state index < -0.39 is 0 Å². The Balaban J connectivity index is 1.46. The molecule has 0 spiro atoms. The Morgan fingerprint density at radius 1 is 1.21 bits per heavy atom. The lowest BCUT2D eigenvalue weighted by Crippen LogP contribution is -2.32. The van der Waals surface area contributed by atoms with Gasteiger partial charge in [0, 0.05) is 36.0 Å². The molecular formula is C21H24N4O3S. The van der Waals surface area contributed by atoms with E-state index in [1.807, 2.05) is 42.8 Å². The SMILES string of the molecule is Cc1ncsc1CN=C(NCCc1ccco1)Nc1ccc2c(c1)OCCCO2. The van der Waals surface area contributed by atoms with E-state index in [1.165, 1.54) is 0 Å². The summed E-state index contributed by atoms with van der Waals surface area (Å²) in [5.41, 5.74) is 3.75. The van der Waals surface area contributed by atoms with E-state index in [9.17, 15) is 0 Å². The molecule has 0 saturated heterocycles. The van der Waals surface area contributed by atoms with Gasteiger partial charge in [0.25, 0.3) is 0 Å². The number of guanidine groups is 1. The Kier molecular flexibility index (Phi) is 6.31. The molecule has 0 radical (unpaired) electrons. The van der Waals surface area contributed by atoms with Gasteiger partial charge in [-0.05, 0) is 31.2 Å². The van der Waals surface area contributed by atoms with Crippen LogP contribution in [0.1, 0.15) is 22.8 Å². The van der Waals surface area contributed by atoms with Gasteiger partial charge < -0.3 is 24.5 Å². The number of rotatable bonds is 6. The average Bonchev–Trinajstić information content (AvgIpc) is 3.32. The summed E-state index contributed by atoms with van der Waals surface area (Å²) in [6.07, 6.45) is 3.34. The monoisotopic (exact) mass is 412 g/mol. The smallest absolute Gasteiger partial charge is 0.196 e. The minimum Gasteiger partial charge on any atom is -0.490 e. The van der Waals surface area contributed by atoms with Crippen molar-refractivity contribution in [3.63, 3.8) is 0 Å².